The number of rotatable bonds is 11. The average Bonchev–Trinajstić information content (AvgIpc) is 2.87. The molecule has 0 aliphatic carbocycles. The van der Waals surface area contributed by atoms with Crippen LogP contribution in [0.2, 0.25) is 0 Å². The number of allylic oxidation sites excluding steroid dienone is 2. The molecule has 37 heavy (non-hydrogen) atoms. The van der Waals surface area contributed by atoms with Gasteiger partial charge in [0, 0.05) is 43.2 Å². The molecule has 8 heteroatoms. The number of halogens is 2. The smallest absolute Gasteiger partial charge is 0.251 e. The zero-order valence-electron chi connectivity index (χ0n) is 21.5. The van der Waals surface area contributed by atoms with Crippen molar-refractivity contribution in [1.29, 1.82) is 0 Å². The fourth-order valence-electron chi connectivity index (χ4n) is 4.04. The molecule has 1 aliphatic heterocycles. The largest absolute Gasteiger partial charge is 0.351 e. The van der Waals surface area contributed by atoms with Crippen molar-refractivity contribution in [3.63, 3.8) is 0 Å². The highest BCUT2D eigenvalue weighted by molar-refractivity contribution is 6.32. The quantitative estimate of drug-likeness (QED) is 0.188. The van der Waals surface area contributed by atoms with E-state index in [2.05, 4.69) is 24.2 Å². The van der Waals surface area contributed by atoms with Gasteiger partial charge in [0.1, 0.15) is 11.0 Å². The highest BCUT2D eigenvalue weighted by Crippen LogP contribution is 2.38. The minimum absolute atomic E-state index is 0.258. The summed E-state index contributed by atoms with van der Waals surface area (Å²) < 4.78 is 15.0. The van der Waals surface area contributed by atoms with Crippen molar-refractivity contribution in [2.45, 2.75) is 33.1 Å². The molecule has 0 spiro atoms. The number of unbranched alkanes of at least 4 members (excludes halogenated alkanes) is 1. The zero-order valence-corrected chi connectivity index (χ0v) is 22.3. The van der Waals surface area contributed by atoms with Gasteiger partial charge in [-0.15, -0.1) is 5.17 Å². The summed E-state index contributed by atoms with van der Waals surface area (Å²) in [5, 5.41) is 13.2. The van der Waals surface area contributed by atoms with Gasteiger partial charge in [-0.3, -0.25) is 10.0 Å². The Kier molecular flexibility index (Phi) is 10.2. The molecule has 0 fully saturated rings. The number of nitrogens with zero attached hydrogens (tertiary/aromatic N) is 2. The molecular formula is C29H34ClFN4O2. The van der Waals surface area contributed by atoms with Gasteiger partial charge in [-0.05, 0) is 60.2 Å². The molecule has 1 amide bonds. The van der Waals surface area contributed by atoms with E-state index in [1.165, 1.54) is 13.1 Å². The second kappa shape index (κ2) is 13.4. The van der Waals surface area contributed by atoms with E-state index in [1.54, 1.807) is 29.3 Å². The lowest BCUT2D eigenvalue weighted by Gasteiger charge is -2.27. The van der Waals surface area contributed by atoms with Gasteiger partial charge in [0.05, 0.1) is 0 Å². The lowest BCUT2D eigenvalue weighted by molar-refractivity contribution is -0.119. The second-order valence-corrected chi connectivity index (χ2v) is 9.22. The molecule has 2 aromatic carbocycles. The van der Waals surface area contributed by atoms with Crippen LogP contribution in [-0.4, -0.2) is 41.3 Å². The second-order valence-electron chi connectivity index (χ2n) is 8.87. The van der Waals surface area contributed by atoms with Gasteiger partial charge in [0.15, 0.2) is 0 Å². The molecule has 3 N–H and O–H groups in total. The van der Waals surface area contributed by atoms with Crippen molar-refractivity contribution in [3.05, 3.63) is 101 Å². The number of hydrogen-bond donors (Lipinski definition) is 3. The first-order valence-electron chi connectivity index (χ1n) is 12.3. The molecule has 0 atom stereocenters. The van der Waals surface area contributed by atoms with Crippen LogP contribution in [0, 0.1) is 12.7 Å². The molecule has 0 radical (unpaired) electrons. The Labute approximate surface area is 223 Å². The summed E-state index contributed by atoms with van der Waals surface area (Å²) in [4.78, 5) is 14.3. The lowest BCUT2D eigenvalue weighted by atomic mass is 9.91. The van der Waals surface area contributed by atoms with Crippen LogP contribution in [-0.2, 0) is 4.79 Å². The number of carbonyl (C=O) groups is 1. The summed E-state index contributed by atoms with van der Waals surface area (Å²) in [5.41, 5.74) is 7.54. The third-order valence-corrected chi connectivity index (χ3v) is 6.37. The number of benzene rings is 2. The molecule has 196 valence electrons. The number of amides is 1. The Balaban J connectivity index is 1.91. The minimum Gasteiger partial charge on any atom is -0.351 e. The van der Waals surface area contributed by atoms with E-state index in [9.17, 15) is 9.18 Å². The molecule has 0 saturated carbocycles. The predicted octanol–water partition coefficient (Wildman–Crippen LogP) is 6.11. The fraction of sp³-hybridized carbons (Fsp3) is 0.276. The Hall–Kier alpha value is -3.23. The predicted molar refractivity (Wildman–Crippen MR) is 148 cm³/mol. The maximum Gasteiger partial charge on any atom is 0.251 e. The monoisotopic (exact) mass is 524 g/mol. The Bertz CT molecular complexity index is 1240. The van der Waals surface area contributed by atoms with Crippen molar-refractivity contribution in [3.8, 4) is 11.1 Å². The van der Waals surface area contributed by atoms with Crippen LogP contribution in [0.4, 0.5) is 4.39 Å². The minimum atomic E-state index is -0.278. The van der Waals surface area contributed by atoms with Gasteiger partial charge in [-0.2, -0.15) is 0 Å². The van der Waals surface area contributed by atoms with Crippen molar-refractivity contribution < 1.29 is 14.4 Å². The zero-order chi connectivity index (χ0) is 26.9. The standard InChI is InChI=1S/C29H34ClFN4O2/c1-5-6-9-26(24-11-8-7-10-23(24)25-13-12-20(2)18-27(25)31)28(30)35-17-14-22(19-21(35)3)29(36)32-15-16-33-34(4)37/h7-8,10-14,17-19,33,37H,3,5-6,9,15-16H2,1-2,4H3,(H,32,36)/b28-26+. The van der Waals surface area contributed by atoms with Crippen LogP contribution >= 0.6 is 11.6 Å². The normalized spacial score (nSPS) is 14.1. The number of hydroxylamine groups is 1. The van der Waals surface area contributed by atoms with E-state index in [4.69, 9.17) is 16.8 Å². The summed E-state index contributed by atoms with van der Waals surface area (Å²) in [5.74, 6) is -0.536. The molecule has 1 aliphatic rings. The van der Waals surface area contributed by atoms with E-state index >= 15 is 0 Å². The highest BCUT2D eigenvalue weighted by atomic mass is 35.5. The highest BCUT2D eigenvalue weighted by Gasteiger charge is 2.21. The number of hydrazine groups is 1. The van der Waals surface area contributed by atoms with Crippen LogP contribution in [0.1, 0.15) is 37.3 Å². The van der Waals surface area contributed by atoms with Crippen molar-refractivity contribution in [1.82, 2.24) is 20.8 Å². The first-order chi connectivity index (χ1) is 17.7. The molecule has 1 heterocycles. The Morgan fingerprint density at radius 3 is 2.62 bits per heavy atom. The van der Waals surface area contributed by atoms with Gasteiger partial charge in [-0.1, -0.05) is 67.9 Å². The molecule has 0 saturated heterocycles. The van der Waals surface area contributed by atoms with Gasteiger partial charge in [0.25, 0.3) is 5.91 Å². The number of carbonyl (C=O) groups excluding carboxylic acids is 1. The summed E-state index contributed by atoms with van der Waals surface area (Å²) in [7, 11) is 1.45. The van der Waals surface area contributed by atoms with Gasteiger partial charge in [-0.25, -0.2) is 9.82 Å². The van der Waals surface area contributed by atoms with Crippen LogP contribution in [0.15, 0.2) is 83.8 Å². The van der Waals surface area contributed by atoms with Gasteiger partial charge in [0.2, 0.25) is 0 Å². The molecule has 0 bridgehead atoms. The topological polar surface area (TPSA) is 67.8 Å². The van der Waals surface area contributed by atoms with Crippen LogP contribution in [0.5, 0.6) is 0 Å². The average molecular weight is 525 g/mol. The molecule has 0 aromatic heterocycles. The summed E-state index contributed by atoms with van der Waals surface area (Å²) in [6.45, 7) is 8.80. The molecule has 0 unspecified atom stereocenters. The summed E-state index contributed by atoms with van der Waals surface area (Å²) in [6.07, 6.45) is 7.64. The van der Waals surface area contributed by atoms with Crippen molar-refractivity contribution in [2.24, 2.45) is 0 Å². The van der Waals surface area contributed by atoms with Gasteiger partial charge >= 0.3 is 0 Å². The SMILES string of the molecule is C=C1C=C(C(=O)NCCNN(C)O)C=CN1/C(Cl)=C(\CCCC)c1ccccc1-c1ccc(C)cc1F. The maximum absolute atomic E-state index is 15.0. The number of aryl methyl sites for hydroxylation is 1. The lowest BCUT2D eigenvalue weighted by Crippen LogP contribution is -2.38. The molecule has 6 nitrogen and oxygen atoms in total. The van der Waals surface area contributed by atoms with E-state index < -0.39 is 0 Å². The Morgan fingerprint density at radius 1 is 1.19 bits per heavy atom. The number of nitrogens with one attached hydrogen (secondary N) is 2. The summed E-state index contributed by atoms with van der Waals surface area (Å²) >= 11 is 7.01. The van der Waals surface area contributed by atoms with Crippen LogP contribution < -0.4 is 10.7 Å². The van der Waals surface area contributed by atoms with Crippen LogP contribution in [0.25, 0.3) is 16.7 Å². The van der Waals surface area contributed by atoms with E-state index in [1.807, 2.05) is 37.3 Å². The van der Waals surface area contributed by atoms with Gasteiger partial charge < -0.3 is 10.2 Å². The maximum atomic E-state index is 15.0. The first-order valence-corrected chi connectivity index (χ1v) is 12.7. The molecule has 3 rings (SSSR count). The van der Waals surface area contributed by atoms with Crippen molar-refractivity contribution >= 4 is 23.1 Å². The molecular weight excluding hydrogens is 491 g/mol. The number of hydrogen-bond acceptors (Lipinski definition) is 5. The van der Waals surface area contributed by atoms with E-state index in [0.717, 1.165) is 40.3 Å². The van der Waals surface area contributed by atoms with Crippen molar-refractivity contribution in [2.75, 3.05) is 20.1 Å². The third kappa shape index (κ3) is 7.40. The fourth-order valence-corrected chi connectivity index (χ4v) is 4.41. The van der Waals surface area contributed by atoms with Crippen LogP contribution in [0.3, 0.4) is 0 Å². The first kappa shape index (κ1) is 28.3. The van der Waals surface area contributed by atoms with E-state index in [0.29, 0.717) is 41.5 Å². The Morgan fingerprint density at radius 2 is 1.95 bits per heavy atom. The van der Waals surface area contributed by atoms with E-state index in [-0.39, 0.29) is 11.7 Å². The molecule has 2 aromatic rings. The summed E-state index contributed by atoms with van der Waals surface area (Å²) in [6, 6.07) is 12.9. The third-order valence-electron chi connectivity index (χ3n) is 5.96.